The summed E-state index contributed by atoms with van der Waals surface area (Å²) in [5.41, 5.74) is 5.90. The van der Waals surface area contributed by atoms with Gasteiger partial charge in [0.15, 0.2) is 5.82 Å². The van der Waals surface area contributed by atoms with Crippen LogP contribution in [0, 0.1) is 0 Å². The normalized spacial score (nSPS) is 12.6. The molecule has 2 aromatic rings. The minimum Gasteiger partial charge on any atom is -0.334 e. The van der Waals surface area contributed by atoms with Crippen molar-refractivity contribution in [3.63, 3.8) is 0 Å². The van der Waals surface area contributed by atoms with E-state index in [-0.39, 0.29) is 11.5 Å². The van der Waals surface area contributed by atoms with E-state index < -0.39 is 0 Å². The molecule has 6 nitrogen and oxygen atoms in total. The van der Waals surface area contributed by atoms with E-state index in [1.54, 1.807) is 6.07 Å². The summed E-state index contributed by atoms with van der Waals surface area (Å²) in [7, 11) is 0. The fourth-order valence-electron chi connectivity index (χ4n) is 1.24. The fourth-order valence-corrected chi connectivity index (χ4v) is 1.24. The van der Waals surface area contributed by atoms with Gasteiger partial charge in [0.1, 0.15) is 0 Å². The standard InChI is InChI=1S/C10H12N4O2/c1-6(5-11)9-13-10(16-14-9)7-2-3-12-8(15)4-7/h2-4,6H,5,11H2,1H3,(H,12,15). The Bertz CT molecular complexity index is 531. The van der Waals surface area contributed by atoms with Gasteiger partial charge in [-0.05, 0) is 6.07 Å². The van der Waals surface area contributed by atoms with E-state index in [0.717, 1.165) is 0 Å². The van der Waals surface area contributed by atoms with Crippen LogP contribution in [0.4, 0.5) is 0 Å². The van der Waals surface area contributed by atoms with Crippen LogP contribution in [-0.2, 0) is 0 Å². The van der Waals surface area contributed by atoms with Crippen molar-refractivity contribution in [2.75, 3.05) is 6.54 Å². The minimum absolute atomic E-state index is 0.0412. The Morgan fingerprint density at radius 1 is 1.62 bits per heavy atom. The number of pyridine rings is 1. The predicted molar refractivity (Wildman–Crippen MR) is 57.8 cm³/mol. The van der Waals surface area contributed by atoms with Crippen LogP contribution in [0.3, 0.4) is 0 Å². The maximum absolute atomic E-state index is 11.1. The molecule has 2 heterocycles. The van der Waals surface area contributed by atoms with Crippen LogP contribution in [0.1, 0.15) is 18.7 Å². The molecule has 0 fully saturated rings. The molecule has 16 heavy (non-hydrogen) atoms. The van der Waals surface area contributed by atoms with Crippen LogP contribution in [0.25, 0.3) is 11.5 Å². The quantitative estimate of drug-likeness (QED) is 0.784. The van der Waals surface area contributed by atoms with E-state index in [1.165, 1.54) is 12.3 Å². The number of nitrogens with two attached hydrogens (primary N) is 1. The molecule has 0 saturated heterocycles. The van der Waals surface area contributed by atoms with E-state index in [0.29, 0.717) is 23.8 Å². The minimum atomic E-state index is -0.205. The number of H-pyrrole nitrogens is 1. The Hall–Kier alpha value is -1.95. The highest BCUT2D eigenvalue weighted by atomic mass is 16.5. The molecule has 0 aliphatic carbocycles. The predicted octanol–water partition coefficient (Wildman–Crippen LogP) is 0.487. The molecule has 1 atom stereocenters. The van der Waals surface area contributed by atoms with Gasteiger partial charge in [-0.15, -0.1) is 0 Å². The zero-order valence-corrected chi connectivity index (χ0v) is 8.80. The Labute approximate surface area is 91.5 Å². The summed E-state index contributed by atoms with van der Waals surface area (Å²) in [4.78, 5) is 17.8. The van der Waals surface area contributed by atoms with Crippen molar-refractivity contribution in [1.82, 2.24) is 15.1 Å². The van der Waals surface area contributed by atoms with E-state index in [1.807, 2.05) is 6.92 Å². The van der Waals surface area contributed by atoms with E-state index in [9.17, 15) is 4.79 Å². The van der Waals surface area contributed by atoms with Crippen molar-refractivity contribution in [2.24, 2.45) is 5.73 Å². The zero-order valence-electron chi connectivity index (χ0n) is 8.80. The topological polar surface area (TPSA) is 97.8 Å². The third-order valence-electron chi connectivity index (χ3n) is 2.26. The van der Waals surface area contributed by atoms with Gasteiger partial charge in [0.05, 0.1) is 0 Å². The van der Waals surface area contributed by atoms with Crippen molar-refractivity contribution in [2.45, 2.75) is 12.8 Å². The number of nitrogens with zero attached hydrogens (tertiary/aromatic N) is 2. The number of aromatic nitrogens is 3. The molecule has 0 bridgehead atoms. The van der Waals surface area contributed by atoms with Crippen LogP contribution in [0.5, 0.6) is 0 Å². The van der Waals surface area contributed by atoms with Gasteiger partial charge in [0.2, 0.25) is 5.56 Å². The molecule has 3 N–H and O–H groups in total. The maximum atomic E-state index is 11.1. The first-order valence-corrected chi connectivity index (χ1v) is 4.93. The lowest BCUT2D eigenvalue weighted by molar-refractivity contribution is 0.418. The lowest BCUT2D eigenvalue weighted by atomic mass is 10.2. The number of hydrogen-bond donors (Lipinski definition) is 2. The third kappa shape index (κ3) is 2.01. The summed E-state index contributed by atoms with van der Waals surface area (Å²) in [5, 5.41) is 3.81. The van der Waals surface area contributed by atoms with Crippen LogP contribution >= 0.6 is 0 Å². The Balaban J connectivity index is 2.35. The van der Waals surface area contributed by atoms with Crippen molar-refractivity contribution in [1.29, 1.82) is 0 Å². The molecule has 0 aliphatic rings. The largest absolute Gasteiger partial charge is 0.334 e. The second kappa shape index (κ2) is 4.28. The molecule has 0 aromatic carbocycles. The summed E-state index contributed by atoms with van der Waals surface area (Å²) in [5.74, 6) is 0.929. The molecule has 6 heteroatoms. The van der Waals surface area contributed by atoms with Crippen molar-refractivity contribution in [3.05, 3.63) is 34.5 Å². The molecule has 0 aliphatic heterocycles. The van der Waals surface area contributed by atoms with Crippen LogP contribution < -0.4 is 11.3 Å². The van der Waals surface area contributed by atoms with E-state index in [2.05, 4.69) is 15.1 Å². The van der Waals surface area contributed by atoms with Crippen LogP contribution in [-0.4, -0.2) is 21.7 Å². The highest BCUT2D eigenvalue weighted by Crippen LogP contribution is 2.17. The summed E-state index contributed by atoms with van der Waals surface area (Å²) in [6.45, 7) is 2.36. The first-order chi connectivity index (χ1) is 7.70. The van der Waals surface area contributed by atoms with Gasteiger partial charge in [-0.3, -0.25) is 4.79 Å². The Kier molecular flexibility index (Phi) is 2.82. The van der Waals surface area contributed by atoms with Crippen molar-refractivity contribution < 1.29 is 4.52 Å². The molecule has 2 rings (SSSR count). The molecular weight excluding hydrogens is 208 g/mol. The van der Waals surface area contributed by atoms with E-state index >= 15 is 0 Å². The van der Waals surface area contributed by atoms with Gasteiger partial charge >= 0.3 is 0 Å². The fraction of sp³-hybridized carbons (Fsp3) is 0.300. The van der Waals surface area contributed by atoms with Gasteiger partial charge in [0.25, 0.3) is 5.89 Å². The average Bonchev–Trinajstić information content (AvgIpc) is 2.77. The third-order valence-corrected chi connectivity index (χ3v) is 2.26. The number of aromatic amines is 1. The molecule has 1 unspecified atom stereocenters. The lowest BCUT2D eigenvalue weighted by Crippen LogP contribution is -2.10. The molecule has 0 radical (unpaired) electrons. The smallest absolute Gasteiger partial charge is 0.258 e. The highest BCUT2D eigenvalue weighted by Gasteiger charge is 2.13. The Morgan fingerprint density at radius 2 is 2.44 bits per heavy atom. The van der Waals surface area contributed by atoms with Crippen molar-refractivity contribution >= 4 is 0 Å². The van der Waals surface area contributed by atoms with Crippen LogP contribution in [0.15, 0.2) is 27.6 Å². The summed E-state index contributed by atoms with van der Waals surface area (Å²) < 4.78 is 5.06. The number of nitrogens with one attached hydrogen (secondary N) is 1. The van der Waals surface area contributed by atoms with Gasteiger partial charge in [-0.1, -0.05) is 12.1 Å². The summed E-state index contributed by atoms with van der Waals surface area (Å²) >= 11 is 0. The molecular formula is C10H12N4O2. The van der Waals surface area contributed by atoms with Gasteiger partial charge < -0.3 is 15.2 Å². The van der Waals surface area contributed by atoms with Gasteiger partial charge in [0, 0.05) is 30.3 Å². The maximum Gasteiger partial charge on any atom is 0.258 e. The number of rotatable bonds is 3. The highest BCUT2D eigenvalue weighted by molar-refractivity contribution is 5.51. The first kappa shape index (κ1) is 10.6. The SMILES string of the molecule is CC(CN)c1noc(-c2cc[nH]c(=O)c2)n1. The zero-order chi connectivity index (χ0) is 11.5. The molecule has 0 amide bonds. The molecule has 0 saturated carbocycles. The van der Waals surface area contributed by atoms with Gasteiger partial charge in [-0.25, -0.2) is 0 Å². The molecule has 0 spiro atoms. The number of hydrogen-bond acceptors (Lipinski definition) is 5. The summed E-state index contributed by atoms with van der Waals surface area (Å²) in [6.07, 6.45) is 1.54. The average molecular weight is 220 g/mol. The lowest BCUT2D eigenvalue weighted by Gasteiger charge is -1.98. The second-order valence-corrected chi connectivity index (χ2v) is 3.54. The summed E-state index contributed by atoms with van der Waals surface area (Å²) in [6, 6.07) is 3.11. The van der Waals surface area contributed by atoms with Gasteiger partial charge in [-0.2, -0.15) is 4.98 Å². The molecule has 2 aromatic heterocycles. The van der Waals surface area contributed by atoms with Crippen LogP contribution in [0.2, 0.25) is 0 Å². The van der Waals surface area contributed by atoms with Crippen molar-refractivity contribution in [3.8, 4) is 11.5 Å². The second-order valence-electron chi connectivity index (χ2n) is 3.54. The van der Waals surface area contributed by atoms with E-state index in [4.69, 9.17) is 10.3 Å². The first-order valence-electron chi connectivity index (χ1n) is 4.93. The monoisotopic (exact) mass is 220 g/mol. The molecule has 84 valence electrons. The Morgan fingerprint density at radius 3 is 3.12 bits per heavy atom.